The molecule has 0 spiro atoms. The number of nitrogens with one attached hydrogen (secondary N) is 1. The number of aryl methyl sites for hydroxylation is 2. The molecule has 1 unspecified atom stereocenters. The van der Waals surface area contributed by atoms with Crippen LogP contribution in [0, 0.1) is 30.4 Å². The Morgan fingerprint density at radius 1 is 1.07 bits per heavy atom. The Morgan fingerprint density at radius 2 is 1.90 bits per heavy atom. The summed E-state index contributed by atoms with van der Waals surface area (Å²) in [5.41, 5.74) is 2.22. The summed E-state index contributed by atoms with van der Waals surface area (Å²) in [5, 5.41) is 12.2. The van der Waals surface area contributed by atoms with E-state index in [1.54, 1.807) is 80.7 Å². The van der Waals surface area contributed by atoms with Gasteiger partial charge in [0.05, 0.1) is 34.6 Å². The number of nitrogens with zero attached hydrogens (tertiary/aromatic N) is 6. The molecule has 0 saturated carbocycles. The van der Waals surface area contributed by atoms with Gasteiger partial charge < -0.3 is 5.32 Å². The third kappa shape index (κ3) is 4.69. The number of amides is 1. The number of hydrogen-bond acceptors (Lipinski definition) is 5. The predicted molar refractivity (Wildman–Crippen MR) is 152 cm³/mol. The van der Waals surface area contributed by atoms with Crippen LogP contribution in [0.5, 0.6) is 0 Å². The van der Waals surface area contributed by atoms with Crippen molar-refractivity contribution in [3.8, 4) is 17.5 Å². The van der Waals surface area contributed by atoms with E-state index < -0.39 is 29.1 Å². The van der Waals surface area contributed by atoms with Gasteiger partial charge in [-0.3, -0.25) is 18.8 Å². The molecular weight excluding hydrogens is 540 g/mol. The van der Waals surface area contributed by atoms with Crippen molar-refractivity contribution in [3.05, 3.63) is 123 Å². The minimum Gasteiger partial charge on any atom is -0.344 e. The Labute approximate surface area is 238 Å². The molecule has 0 fully saturated rings. The summed E-state index contributed by atoms with van der Waals surface area (Å²) in [6, 6.07) is 11.2. The highest BCUT2D eigenvalue weighted by atomic mass is 19.2. The topological polar surface area (TPSA) is 99.1 Å². The smallest absolute Gasteiger partial charge is 0.264 e. The van der Waals surface area contributed by atoms with E-state index in [1.807, 2.05) is 0 Å². The molecule has 1 N–H and O–H groups in total. The zero-order valence-electron chi connectivity index (χ0n) is 22.8. The van der Waals surface area contributed by atoms with Gasteiger partial charge in [0.1, 0.15) is 5.56 Å². The SMILES string of the molecule is Cc1nn2cccnc2c1C(=O)NC(C)c1cc2cccc(C#Cc3cnn(C)c3)c2c(=O)n1-c1ccc(F)c(F)c1. The zero-order chi connectivity index (χ0) is 29.5. The second kappa shape index (κ2) is 10.4. The Bertz CT molecular complexity index is 2150. The van der Waals surface area contributed by atoms with E-state index in [4.69, 9.17) is 0 Å². The van der Waals surface area contributed by atoms with Gasteiger partial charge in [-0.05, 0) is 49.6 Å². The Kier molecular flexibility index (Phi) is 6.59. The number of halogens is 2. The van der Waals surface area contributed by atoms with Crippen molar-refractivity contribution in [1.29, 1.82) is 0 Å². The molecule has 1 amide bonds. The molecule has 0 aliphatic carbocycles. The molecule has 208 valence electrons. The van der Waals surface area contributed by atoms with E-state index in [0.717, 1.165) is 12.1 Å². The number of hydrogen-bond donors (Lipinski definition) is 1. The molecule has 0 saturated heterocycles. The zero-order valence-corrected chi connectivity index (χ0v) is 22.8. The average molecular weight is 564 g/mol. The molecule has 9 nitrogen and oxygen atoms in total. The lowest BCUT2D eigenvalue weighted by Gasteiger charge is -2.21. The summed E-state index contributed by atoms with van der Waals surface area (Å²) in [6.07, 6.45) is 6.62. The summed E-state index contributed by atoms with van der Waals surface area (Å²) in [5.74, 6) is 3.45. The quantitative estimate of drug-likeness (QED) is 0.324. The second-order valence-electron chi connectivity index (χ2n) is 9.77. The van der Waals surface area contributed by atoms with Crippen molar-refractivity contribution < 1.29 is 13.6 Å². The summed E-state index contributed by atoms with van der Waals surface area (Å²) in [4.78, 5) is 31.9. The summed E-state index contributed by atoms with van der Waals surface area (Å²) in [7, 11) is 1.78. The van der Waals surface area contributed by atoms with Crippen LogP contribution in [-0.2, 0) is 7.05 Å². The van der Waals surface area contributed by atoms with Crippen LogP contribution in [0.25, 0.3) is 22.1 Å². The molecule has 6 rings (SSSR count). The highest BCUT2D eigenvalue weighted by Crippen LogP contribution is 2.25. The first-order valence-electron chi connectivity index (χ1n) is 13.0. The molecule has 4 aromatic heterocycles. The van der Waals surface area contributed by atoms with Gasteiger partial charge in [-0.2, -0.15) is 10.2 Å². The molecule has 1 atom stereocenters. The van der Waals surface area contributed by atoms with Gasteiger partial charge in [-0.15, -0.1) is 0 Å². The van der Waals surface area contributed by atoms with Crippen LogP contribution >= 0.6 is 0 Å². The first kappa shape index (κ1) is 26.6. The molecule has 0 radical (unpaired) electrons. The standard InChI is InChI=1S/C31H23F2N7O2/c1-18(36-30(41)27-19(2)37-39-13-5-12-34-29(27)39)26-14-22-7-4-6-21(9-8-20-16-35-38(3)17-20)28(22)31(42)40(26)23-10-11-24(32)25(33)15-23/h4-7,10-18H,1-3H3,(H,36,41). The summed E-state index contributed by atoms with van der Waals surface area (Å²) in [6.45, 7) is 3.41. The van der Waals surface area contributed by atoms with Gasteiger partial charge in [-0.25, -0.2) is 18.3 Å². The number of pyridine rings is 1. The molecule has 42 heavy (non-hydrogen) atoms. The van der Waals surface area contributed by atoms with E-state index in [1.165, 1.54) is 15.1 Å². The fourth-order valence-electron chi connectivity index (χ4n) is 4.93. The third-order valence-electron chi connectivity index (χ3n) is 6.87. The predicted octanol–water partition coefficient (Wildman–Crippen LogP) is 4.24. The molecule has 0 bridgehead atoms. The van der Waals surface area contributed by atoms with E-state index >= 15 is 0 Å². The van der Waals surface area contributed by atoms with Crippen LogP contribution in [0.2, 0.25) is 0 Å². The lowest BCUT2D eigenvalue weighted by Crippen LogP contribution is -2.32. The van der Waals surface area contributed by atoms with Crippen LogP contribution in [0.4, 0.5) is 8.78 Å². The molecular formula is C31H23F2N7O2. The normalized spacial score (nSPS) is 11.8. The van der Waals surface area contributed by atoms with Crippen LogP contribution < -0.4 is 10.9 Å². The molecule has 6 aromatic rings. The maximum Gasteiger partial charge on any atom is 0.264 e. The van der Waals surface area contributed by atoms with Crippen LogP contribution in [0.15, 0.2) is 78.1 Å². The molecule has 0 aliphatic heterocycles. The van der Waals surface area contributed by atoms with Gasteiger partial charge in [0.25, 0.3) is 11.5 Å². The molecule has 11 heteroatoms. The van der Waals surface area contributed by atoms with Crippen molar-refractivity contribution in [2.45, 2.75) is 19.9 Å². The van der Waals surface area contributed by atoms with Gasteiger partial charge >= 0.3 is 0 Å². The first-order valence-corrected chi connectivity index (χ1v) is 13.0. The van der Waals surface area contributed by atoms with Gasteiger partial charge in [0.15, 0.2) is 17.3 Å². The van der Waals surface area contributed by atoms with Crippen molar-refractivity contribution >= 4 is 22.3 Å². The first-order chi connectivity index (χ1) is 20.2. The van der Waals surface area contributed by atoms with E-state index in [9.17, 15) is 18.4 Å². The average Bonchev–Trinajstić information content (AvgIpc) is 3.54. The number of carbonyl (C=O) groups is 1. The van der Waals surface area contributed by atoms with E-state index in [-0.39, 0.29) is 11.3 Å². The lowest BCUT2D eigenvalue weighted by molar-refractivity contribution is 0.0939. The number of benzene rings is 2. The van der Waals surface area contributed by atoms with Crippen molar-refractivity contribution in [3.63, 3.8) is 0 Å². The summed E-state index contributed by atoms with van der Waals surface area (Å²) >= 11 is 0. The fraction of sp³-hybridized carbons (Fsp3) is 0.129. The Morgan fingerprint density at radius 3 is 2.67 bits per heavy atom. The second-order valence-corrected chi connectivity index (χ2v) is 9.77. The maximum absolute atomic E-state index is 14.4. The highest BCUT2D eigenvalue weighted by Gasteiger charge is 2.24. The minimum absolute atomic E-state index is 0.0979. The van der Waals surface area contributed by atoms with Crippen LogP contribution in [0.3, 0.4) is 0 Å². The minimum atomic E-state index is -1.11. The summed E-state index contributed by atoms with van der Waals surface area (Å²) < 4.78 is 32.7. The van der Waals surface area contributed by atoms with E-state index in [2.05, 4.69) is 32.3 Å². The highest BCUT2D eigenvalue weighted by molar-refractivity contribution is 6.01. The van der Waals surface area contributed by atoms with Gasteiger partial charge in [-0.1, -0.05) is 24.0 Å². The van der Waals surface area contributed by atoms with E-state index in [0.29, 0.717) is 38.9 Å². The largest absolute Gasteiger partial charge is 0.344 e. The monoisotopic (exact) mass is 563 g/mol. The molecule has 2 aromatic carbocycles. The van der Waals surface area contributed by atoms with Crippen molar-refractivity contribution in [1.82, 2.24) is 34.3 Å². The molecule has 0 aliphatic rings. The Balaban J connectivity index is 1.50. The van der Waals surface area contributed by atoms with Gasteiger partial charge in [0, 0.05) is 43.0 Å². The number of rotatable bonds is 4. The Hall–Kier alpha value is -5.63. The van der Waals surface area contributed by atoms with Gasteiger partial charge in [0.2, 0.25) is 0 Å². The van der Waals surface area contributed by atoms with Crippen LogP contribution in [-0.4, -0.2) is 34.9 Å². The molecule has 4 heterocycles. The maximum atomic E-state index is 14.4. The number of fused-ring (bicyclic) bond motifs is 2. The lowest BCUT2D eigenvalue weighted by atomic mass is 10.0. The fourth-order valence-corrected chi connectivity index (χ4v) is 4.93. The third-order valence-corrected chi connectivity index (χ3v) is 6.87. The number of carbonyl (C=O) groups excluding carboxylic acids is 1. The van der Waals surface area contributed by atoms with Crippen LogP contribution in [0.1, 0.15) is 45.8 Å². The van der Waals surface area contributed by atoms with Crippen molar-refractivity contribution in [2.75, 3.05) is 0 Å². The van der Waals surface area contributed by atoms with Crippen molar-refractivity contribution in [2.24, 2.45) is 7.05 Å². The number of aromatic nitrogens is 6.